The van der Waals surface area contributed by atoms with E-state index in [2.05, 4.69) is 32.2 Å². The van der Waals surface area contributed by atoms with Gasteiger partial charge in [0.1, 0.15) is 6.54 Å². The van der Waals surface area contributed by atoms with E-state index in [1.54, 1.807) is 12.1 Å². The minimum absolute atomic E-state index is 0.0276. The zero-order valence-corrected chi connectivity index (χ0v) is 18.4. The Morgan fingerprint density at radius 3 is 2.38 bits per heavy atom. The number of hydrogen-bond donors (Lipinski definition) is 1. The van der Waals surface area contributed by atoms with Crippen LogP contribution < -0.4 is 9.62 Å². The molecule has 2 aromatic carbocycles. The molecular formula is C23H30N2O3S. The summed E-state index contributed by atoms with van der Waals surface area (Å²) in [5, 5.41) is 3.04. The zero-order chi connectivity index (χ0) is 21.2. The third-order valence-electron chi connectivity index (χ3n) is 5.41. The molecule has 1 N–H and O–H groups in total. The number of amides is 1. The van der Waals surface area contributed by atoms with Crippen molar-refractivity contribution < 1.29 is 13.2 Å². The molecule has 0 fully saturated rings. The third-order valence-corrected chi connectivity index (χ3v) is 6.55. The van der Waals surface area contributed by atoms with E-state index in [4.69, 9.17) is 0 Å². The summed E-state index contributed by atoms with van der Waals surface area (Å²) >= 11 is 0. The van der Waals surface area contributed by atoms with Gasteiger partial charge in [-0.05, 0) is 53.5 Å². The number of fused-ring (bicyclic) bond motifs is 1. The number of sulfonamides is 1. The minimum atomic E-state index is -3.59. The minimum Gasteiger partial charge on any atom is -0.348 e. The Balaban J connectivity index is 1.77. The van der Waals surface area contributed by atoms with Crippen LogP contribution >= 0.6 is 0 Å². The van der Waals surface area contributed by atoms with Crippen LogP contribution in [-0.4, -0.2) is 27.1 Å². The van der Waals surface area contributed by atoms with Crippen LogP contribution in [0.2, 0.25) is 0 Å². The number of nitrogens with one attached hydrogen (secondary N) is 1. The highest BCUT2D eigenvalue weighted by atomic mass is 32.2. The predicted molar refractivity (Wildman–Crippen MR) is 118 cm³/mol. The number of rotatable bonds is 5. The number of carbonyl (C=O) groups is 1. The van der Waals surface area contributed by atoms with E-state index in [9.17, 15) is 13.2 Å². The lowest BCUT2D eigenvalue weighted by molar-refractivity contribution is -0.120. The first-order chi connectivity index (χ1) is 13.6. The lowest BCUT2D eigenvalue weighted by Crippen LogP contribution is -2.42. The van der Waals surface area contributed by atoms with Crippen molar-refractivity contribution in [3.8, 4) is 0 Å². The molecule has 0 aliphatic heterocycles. The van der Waals surface area contributed by atoms with Crippen LogP contribution in [0.3, 0.4) is 0 Å². The van der Waals surface area contributed by atoms with Crippen LogP contribution in [0.15, 0.2) is 48.5 Å². The van der Waals surface area contributed by atoms with Gasteiger partial charge < -0.3 is 5.32 Å². The van der Waals surface area contributed by atoms with Gasteiger partial charge in [0.15, 0.2) is 0 Å². The summed E-state index contributed by atoms with van der Waals surface area (Å²) in [6.07, 6.45) is 4.01. The molecule has 29 heavy (non-hydrogen) atoms. The molecule has 0 spiro atoms. The maximum atomic E-state index is 12.8. The van der Waals surface area contributed by atoms with Crippen LogP contribution in [0.4, 0.5) is 5.69 Å². The van der Waals surface area contributed by atoms with Gasteiger partial charge in [-0.25, -0.2) is 8.42 Å². The summed E-state index contributed by atoms with van der Waals surface area (Å²) in [5.74, 6) is -0.294. The maximum absolute atomic E-state index is 12.8. The summed E-state index contributed by atoms with van der Waals surface area (Å²) in [5.41, 5.74) is 3.96. The molecular weight excluding hydrogens is 384 g/mol. The number of benzene rings is 2. The van der Waals surface area contributed by atoms with Crippen molar-refractivity contribution in [2.75, 3.05) is 17.1 Å². The zero-order valence-electron chi connectivity index (χ0n) is 17.6. The van der Waals surface area contributed by atoms with Crippen LogP contribution in [0.5, 0.6) is 0 Å². The van der Waals surface area contributed by atoms with Crippen molar-refractivity contribution in [1.29, 1.82) is 0 Å². The molecule has 1 aliphatic rings. The summed E-state index contributed by atoms with van der Waals surface area (Å²) < 4.78 is 25.9. The molecule has 1 aliphatic carbocycles. The van der Waals surface area contributed by atoms with E-state index in [-0.39, 0.29) is 23.9 Å². The van der Waals surface area contributed by atoms with Crippen LogP contribution in [0.25, 0.3) is 0 Å². The van der Waals surface area contributed by atoms with E-state index in [0.29, 0.717) is 5.69 Å². The predicted octanol–water partition coefficient (Wildman–Crippen LogP) is 3.94. The molecule has 6 heteroatoms. The van der Waals surface area contributed by atoms with Crippen LogP contribution in [0.1, 0.15) is 56.3 Å². The van der Waals surface area contributed by atoms with Crippen molar-refractivity contribution in [3.05, 3.63) is 65.2 Å². The van der Waals surface area contributed by atoms with E-state index in [0.717, 1.165) is 36.6 Å². The lowest BCUT2D eigenvalue weighted by Gasteiger charge is -2.28. The van der Waals surface area contributed by atoms with E-state index >= 15 is 0 Å². The fourth-order valence-corrected chi connectivity index (χ4v) is 4.66. The van der Waals surface area contributed by atoms with Gasteiger partial charge in [0.2, 0.25) is 15.9 Å². The summed E-state index contributed by atoms with van der Waals surface area (Å²) in [6, 6.07) is 15.4. The Morgan fingerprint density at radius 1 is 1.10 bits per heavy atom. The molecule has 0 unspecified atom stereocenters. The molecule has 1 atom stereocenters. The van der Waals surface area contributed by atoms with Crippen molar-refractivity contribution in [2.45, 2.75) is 51.5 Å². The SMILES string of the molecule is CC(C)(C)c1ccc(N(CC(=O)N[C@H]2CCCc3ccccc32)S(C)(=O)=O)cc1. The van der Waals surface area contributed by atoms with Gasteiger partial charge in [0.25, 0.3) is 0 Å². The molecule has 0 heterocycles. The number of anilines is 1. The molecule has 0 saturated carbocycles. The van der Waals surface area contributed by atoms with Crippen molar-refractivity contribution in [2.24, 2.45) is 0 Å². The second kappa shape index (κ2) is 8.19. The topological polar surface area (TPSA) is 66.5 Å². The van der Waals surface area contributed by atoms with Gasteiger partial charge in [-0.3, -0.25) is 9.10 Å². The summed E-state index contributed by atoms with van der Waals surface area (Å²) in [7, 11) is -3.59. The Bertz CT molecular complexity index is 976. The Labute approximate surface area is 174 Å². The molecule has 5 nitrogen and oxygen atoms in total. The average molecular weight is 415 g/mol. The average Bonchev–Trinajstić information content (AvgIpc) is 2.65. The van der Waals surface area contributed by atoms with Crippen molar-refractivity contribution in [3.63, 3.8) is 0 Å². The molecule has 0 radical (unpaired) electrons. The molecule has 3 rings (SSSR count). The van der Waals surface area contributed by atoms with Gasteiger partial charge in [-0.2, -0.15) is 0 Å². The van der Waals surface area contributed by atoms with Crippen molar-refractivity contribution in [1.82, 2.24) is 5.32 Å². The van der Waals surface area contributed by atoms with Crippen LogP contribution in [-0.2, 0) is 26.7 Å². The maximum Gasteiger partial charge on any atom is 0.241 e. The first-order valence-electron chi connectivity index (χ1n) is 10.0. The van der Waals surface area contributed by atoms with Gasteiger partial charge in [-0.1, -0.05) is 57.2 Å². The second-order valence-corrected chi connectivity index (χ2v) is 10.7. The number of nitrogens with zero attached hydrogens (tertiary/aromatic N) is 1. The Kier molecular flexibility index (Phi) is 6.03. The highest BCUT2D eigenvalue weighted by molar-refractivity contribution is 7.92. The molecule has 0 bridgehead atoms. The fraction of sp³-hybridized carbons (Fsp3) is 0.435. The first-order valence-corrected chi connectivity index (χ1v) is 11.9. The number of carbonyl (C=O) groups excluding carboxylic acids is 1. The second-order valence-electron chi connectivity index (χ2n) is 8.78. The first kappa shape index (κ1) is 21.4. The van der Waals surface area contributed by atoms with E-state index in [1.807, 2.05) is 30.3 Å². The Hall–Kier alpha value is -2.34. The molecule has 2 aromatic rings. The smallest absolute Gasteiger partial charge is 0.241 e. The quantitative estimate of drug-likeness (QED) is 0.806. The van der Waals surface area contributed by atoms with E-state index in [1.165, 1.54) is 9.87 Å². The fourth-order valence-electron chi connectivity index (χ4n) is 3.80. The van der Waals surface area contributed by atoms with Gasteiger partial charge in [-0.15, -0.1) is 0 Å². The molecule has 1 amide bonds. The Morgan fingerprint density at radius 2 is 1.76 bits per heavy atom. The largest absolute Gasteiger partial charge is 0.348 e. The standard InChI is InChI=1S/C23H30N2O3S/c1-23(2,3)18-12-14-19(15-13-18)25(29(4,27)28)16-22(26)24-21-11-7-9-17-8-5-6-10-20(17)21/h5-6,8,10,12-15,21H,7,9,11,16H2,1-4H3,(H,24,26)/t21-/m0/s1. The van der Waals surface area contributed by atoms with Crippen LogP contribution in [0, 0.1) is 0 Å². The third kappa shape index (κ3) is 5.18. The van der Waals surface area contributed by atoms with Gasteiger partial charge >= 0.3 is 0 Å². The lowest BCUT2D eigenvalue weighted by atomic mass is 9.87. The normalized spacial score (nSPS) is 16.8. The van der Waals surface area contributed by atoms with E-state index < -0.39 is 10.0 Å². The number of hydrogen-bond acceptors (Lipinski definition) is 3. The summed E-state index contributed by atoms with van der Waals surface area (Å²) in [4.78, 5) is 12.8. The monoisotopic (exact) mass is 414 g/mol. The summed E-state index contributed by atoms with van der Waals surface area (Å²) in [6.45, 7) is 6.08. The highest BCUT2D eigenvalue weighted by Gasteiger charge is 2.25. The highest BCUT2D eigenvalue weighted by Crippen LogP contribution is 2.30. The molecule has 156 valence electrons. The van der Waals surface area contributed by atoms with Crippen molar-refractivity contribution >= 4 is 21.6 Å². The van der Waals surface area contributed by atoms with Gasteiger partial charge in [0.05, 0.1) is 18.0 Å². The molecule has 0 aromatic heterocycles. The number of aryl methyl sites for hydroxylation is 1. The molecule has 0 saturated heterocycles. The van der Waals surface area contributed by atoms with Gasteiger partial charge in [0, 0.05) is 0 Å².